The topological polar surface area (TPSA) is 54.3 Å². The van der Waals surface area contributed by atoms with Crippen molar-refractivity contribution in [3.63, 3.8) is 0 Å². The van der Waals surface area contributed by atoms with Gasteiger partial charge in [0.15, 0.2) is 0 Å². The molecule has 0 aliphatic carbocycles. The molecule has 1 fully saturated rings. The molecule has 0 atom stereocenters. The molecular weight excluding hydrogens is 302 g/mol. The Hall–Kier alpha value is -2.21. The lowest BCUT2D eigenvalue weighted by Crippen LogP contribution is -2.39. The lowest BCUT2D eigenvalue weighted by atomic mass is 9.96. The lowest BCUT2D eigenvalue weighted by molar-refractivity contribution is 0.0737. The second-order valence-corrected chi connectivity index (χ2v) is 6.67. The molecule has 0 radical (unpaired) electrons. The van der Waals surface area contributed by atoms with E-state index in [1.807, 2.05) is 37.5 Å². The molecule has 0 saturated carbocycles. The number of hydrogen-bond acceptors (Lipinski definition) is 4. The first-order valence-corrected chi connectivity index (χ1v) is 8.47. The molecule has 6 heteroatoms. The number of nitrogens with zero attached hydrogens (tertiary/aromatic N) is 5. The van der Waals surface area contributed by atoms with Gasteiger partial charge in [-0.25, -0.2) is 0 Å². The van der Waals surface area contributed by atoms with E-state index in [9.17, 15) is 4.79 Å². The zero-order valence-corrected chi connectivity index (χ0v) is 14.4. The summed E-state index contributed by atoms with van der Waals surface area (Å²) in [6.45, 7) is 3.93. The molecule has 3 rings (SSSR count). The van der Waals surface area contributed by atoms with E-state index < -0.39 is 0 Å². The Kier molecular flexibility index (Phi) is 5.25. The van der Waals surface area contributed by atoms with Crippen LogP contribution in [0.25, 0.3) is 0 Å². The maximum Gasteiger partial charge on any atom is 0.256 e. The summed E-state index contributed by atoms with van der Waals surface area (Å²) in [5.74, 6) is 0.627. The van der Waals surface area contributed by atoms with Gasteiger partial charge in [0.2, 0.25) is 0 Å². The van der Waals surface area contributed by atoms with Gasteiger partial charge in [0.1, 0.15) is 0 Å². The van der Waals surface area contributed by atoms with E-state index in [1.165, 1.54) is 5.56 Å². The van der Waals surface area contributed by atoms with Crippen molar-refractivity contribution in [2.75, 3.05) is 26.7 Å². The second-order valence-electron chi connectivity index (χ2n) is 6.67. The van der Waals surface area contributed by atoms with Crippen molar-refractivity contribution in [3.05, 3.63) is 48.0 Å². The number of rotatable bonds is 5. The zero-order chi connectivity index (χ0) is 16.9. The standard InChI is InChI=1S/C18H25N5O/c1-21(18(24)17-11-20-22(2)14-17)12-15-5-8-23(9-6-15)13-16-4-3-7-19-10-16/h3-4,7,10-11,14-15H,5-6,8-9,12-13H2,1-2H3. The highest BCUT2D eigenvalue weighted by Gasteiger charge is 2.23. The number of hydrogen-bond donors (Lipinski definition) is 0. The van der Waals surface area contributed by atoms with E-state index in [1.54, 1.807) is 17.1 Å². The third-order valence-electron chi connectivity index (χ3n) is 4.67. The van der Waals surface area contributed by atoms with Crippen molar-refractivity contribution in [1.29, 1.82) is 0 Å². The Balaban J connectivity index is 1.46. The van der Waals surface area contributed by atoms with Crippen molar-refractivity contribution in [3.8, 4) is 0 Å². The summed E-state index contributed by atoms with van der Waals surface area (Å²) in [6, 6.07) is 4.11. The maximum absolute atomic E-state index is 12.4. The molecule has 128 valence electrons. The molecule has 1 amide bonds. The van der Waals surface area contributed by atoms with Crippen LogP contribution in [0.5, 0.6) is 0 Å². The largest absolute Gasteiger partial charge is 0.341 e. The number of likely N-dealkylation sites (tertiary alicyclic amines) is 1. The molecule has 0 N–H and O–H groups in total. The van der Waals surface area contributed by atoms with Gasteiger partial charge in [-0.15, -0.1) is 0 Å². The van der Waals surface area contributed by atoms with E-state index in [2.05, 4.69) is 21.0 Å². The van der Waals surface area contributed by atoms with Gasteiger partial charge < -0.3 is 4.90 Å². The molecule has 0 aromatic carbocycles. The van der Waals surface area contributed by atoms with E-state index >= 15 is 0 Å². The van der Waals surface area contributed by atoms with Gasteiger partial charge in [-0.05, 0) is 43.5 Å². The molecule has 1 aliphatic rings. The Bertz CT molecular complexity index is 661. The number of carbonyl (C=O) groups excluding carboxylic acids is 1. The number of piperidine rings is 1. The van der Waals surface area contributed by atoms with Crippen LogP contribution in [0.1, 0.15) is 28.8 Å². The number of aromatic nitrogens is 3. The summed E-state index contributed by atoms with van der Waals surface area (Å²) < 4.78 is 1.66. The molecule has 1 saturated heterocycles. The van der Waals surface area contributed by atoms with E-state index in [4.69, 9.17) is 0 Å². The number of amides is 1. The fraction of sp³-hybridized carbons (Fsp3) is 0.500. The summed E-state index contributed by atoms with van der Waals surface area (Å²) in [4.78, 5) is 20.9. The fourth-order valence-electron chi connectivity index (χ4n) is 3.30. The zero-order valence-electron chi connectivity index (χ0n) is 14.4. The fourth-order valence-corrected chi connectivity index (χ4v) is 3.30. The SMILES string of the molecule is CN(CC1CCN(Cc2cccnc2)CC1)C(=O)c1cnn(C)c1. The van der Waals surface area contributed by atoms with E-state index in [-0.39, 0.29) is 5.91 Å². The van der Waals surface area contributed by atoms with E-state index in [0.717, 1.165) is 39.0 Å². The van der Waals surface area contributed by atoms with Crippen LogP contribution in [0, 0.1) is 5.92 Å². The summed E-state index contributed by atoms with van der Waals surface area (Å²) in [7, 11) is 3.71. The van der Waals surface area contributed by atoms with Gasteiger partial charge in [0, 0.05) is 45.8 Å². The highest BCUT2D eigenvalue weighted by atomic mass is 16.2. The van der Waals surface area contributed by atoms with Gasteiger partial charge in [0.25, 0.3) is 5.91 Å². The van der Waals surface area contributed by atoms with Gasteiger partial charge in [-0.1, -0.05) is 6.07 Å². The minimum Gasteiger partial charge on any atom is -0.341 e. The molecule has 2 aromatic heterocycles. The monoisotopic (exact) mass is 327 g/mol. The molecule has 0 bridgehead atoms. The average Bonchev–Trinajstić information content (AvgIpc) is 3.03. The van der Waals surface area contributed by atoms with Crippen LogP contribution >= 0.6 is 0 Å². The maximum atomic E-state index is 12.4. The van der Waals surface area contributed by atoms with Crippen LogP contribution in [-0.4, -0.2) is 57.2 Å². The highest BCUT2D eigenvalue weighted by Crippen LogP contribution is 2.20. The molecule has 0 spiro atoms. The third kappa shape index (κ3) is 4.20. The Morgan fingerprint density at radius 2 is 2.12 bits per heavy atom. The highest BCUT2D eigenvalue weighted by molar-refractivity contribution is 5.93. The molecule has 1 aliphatic heterocycles. The first kappa shape index (κ1) is 16.6. The summed E-state index contributed by atoms with van der Waals surface area (Å²) in [5, 5.41) is 4.07. The number of aryl methyl sites for hydroxylation is 1. The first-order valence-electron chi connectivity index (χ1n) is 8.47. The van der Waals surface area contributed by atoms with Crippen molar-refractivity contribution in [2.45, 2.75) is 19.4 Å². The van der Waals surface area contributed by atoms with Crippen LogP contribution in [0.4, 0.5) is 0 Å². The van der Waals surface area contributed by atoms with Crippen LogP contribution < -0.4 is 0 Å². The first-order chi connectivity index (χ1) is 11.6. The molecule has 0 unspecified atom stereocenters. The molecule has 6 nitrogen and oxygen atoms in total. The van der Waals surface area contributed by atoms with Gasteiger partial charge in [0.05, 0.1) is 11.8 Å². The average molecular weight is 327 g/mol. The Morgan fingerprint density at radius 3 is 2.75 bits per heavy atom. The Labute approximate surface area is 143 Å². The summed E-state index contributed by atoms with van der Waals surface area (Å²) in [5.41, 5.74) is 1.92. The van der Waals surface area contributed by atoms with Crippen molar-refractivity contribution < 1.29 is 4.79 Å². The smallest absolute Gasteiger partial charge is 0.256 e. The molecule has 2 aromatic rings. The van der Waals surface area contributed by atoms with Crippen LogP contribution in [-0.2, 0) is 13.6 Å². The molecule has 24 heavy (non-hydrogen) atoms. The second kappa shape index (κ2) is 7.57. The number of pyridine rings is 1. The van der Waals surface area contributed by atoms with Crippen molar-refractivity contribution in [2.24, 2.45) is 13.0 Å². The van der Waals surface area contributed by atoms with Crippen LogP contribution in [0.3, 0.4) is 0 Å². The van der Waals surface area contributed by atoms with Crippen LogP contribution in [0.15, 0.2) is 36.9 Å². The number of carbonyl (C=O) groups is 1. The minimum atomic E-state index is 0.0564. The summed E-state index contributed by atoms with van der Waals surface area (Å²) in [6.07, 6.45) is 9.41. The lowest BCUT2D eigenvalue weighted by Gasteiger charge is -2.33. The van der Waals surface area contributed by atoms with E-state index in [0.29, 0.717) is 11.5 Å². The van der Waals surface area contributed by atoms with Gasteiger partial charge >= 0.3 is 0 Å². The van der Waals surface area contributed by atoms with Crippen molar-refractivity contribution >= 4 is 5.91 Å². The third-order valence-corrected chi connectivity index (χ3v) is 4.67. The predicted octanol–water partition coefficient (Wildman–Crippen LogP) is 1.80. The minimum absolute atomic E-state index is 0.0564. The Morgan fingerprint density at radius 1 is 1.33 bits per heavy atom. The predicted molar refractivity (Wildman–Crippen MR) is 92.4 cm³/mol. The summed E-state index contributed by atoms with van der Waals surface area (Å²) >= 11 is 0. The quantitative estimate of drug-likeness (QED) is 0.840. The van der Waals surface area contributed by atoms with Gasteiger partial charge in [-0.2, -0.15) is 5.10 Å². The van der Waals surface area contributed by atoms with Gasteiger partial charge in [-0.3, -0.25) is 19.4 Å². The normalized spacial score (nSPS) is 16.2. The molecular formula is C18H25N5O. The van der Waals surface area contributed by atoms with Crippen LogP contribution in [0.2, 0.25) is 0 Å². The van der Waals surface area contributed by atoms with Crippen molar-refractivity contribution in [1.82, 2.24) is 24.6 Å². The molecule has 3 heterocycles.